The Morgan fingerprint density at radius 1 is 1.73 bits per heavy atom. The van der Waals surface area contributed by atoms with Crippen molar-refractivity contribution in [3.63, 3.8) is 0 Å². The summed E-state index contributed by atoms with van der Waals surface area (Å²) < 4.78 is 10.4. The molecule has 15 heavy (non-hydrogen) atoms. The third-order valence-corrected chi connectivity index (χ3v) is 1.88. The van der Waals surface area contributed by atoms with E-state index >= 15 is 0 Å². The van der Waals surface area contributed by atoms with Gasteiger partial charge in [0.25, 0.3) is 0 Å². The number of ether oxygens (including phenoxy) is 1. The van der Waals surface area contributed by atoms with Gasteiger partial charge in [0.1, 0.15) is 11.8 Å². The van der Waals surface area contributed by atoms with Crippen LogP contribution in [0.3, 0.4) is 0 Å². The van der Waals surface area contributed by atoms with E-state index in [9.17, 15) is 4.79 Å². The minimum absolute atomic E-state index is 0.531. The van der Waals surface area contributed by atoms with Gasteiger partial charge in [-0.2, -0.15) is 5.26 Å². The summed E-state index contributed by atoms with van der Waals surface area (Å²) in [5, 5.41) is 8.40. The average molecular weight is 270 g/mol. The second kappa shape index (κ2) is 5.37. The van der Waals surface area contributed by atoms with Crippen molar-refractivity contribution >= 4 is 28.0 Å². The van der Waals surface area contributed by atoms with Crippen molar-refractivity contribution in [1.82, 2.24) is 0 Å². The van der Waals surface area contributed by atoms with E-state index in [2.05, 4.69) is 20.7 Å². The Morgan fingerprint density at radius 2 is 2.47 bits per heavy atom. The van der Waals surface area contributed by atoms with Crippen molar-refractivity contribution in [2.24, 2.45) is 0 Å². The summed E-state index contributed by atoms with van der Waals surface area (Å²) in [6.07, 6.45) is 1.93. The fraction of sp³-hybridized carbons (Fsp3) is 0.200. The molecule has 0 saturated heterocycles. The Kier molecular flexibility index (Phi) is 4.13. The molecular formula is C10H8BrNO3. The standard InChI is InChI=1S/C10H8BrNO3/c1-7(6-12)14-10(13)5-3-8-2-4-9(11)15-8/h2-5,7H,1H3/b5-3+/t7-/m1/s1. The molecule has 0 radical (unpaired) electrons. The lowest BCUT2D eigenvalue weighted by atomic mass is 10.4. The lowest BCUT2D eigenvalue weighted by Crippen LogP contribution is -2.10. The number of halogens is 1. The summed E-state index contributed by atoms with van der Waals surface area (Å²) in [5.41, 5.74) is 0. The zero-order valence-corrected chi connectivity index (χ0v) is 9.52. The van der Waals surface area contributed by atoms with E-state index in [-0.39, 0.29) is 0 Å². The van der Waals surface area contributed by atoms with Crippen LogP contribution < -0.4 is 0 Å². The van der Waals surface area contributed by atoms with Crippen LogP contribution in [-0.2, 0) is 9.53 Å². The first-order valence-corrected chi connectivity index (χ1v) is 4.95. The van der Waals surface area contributed by atoms with E-state index in [1.807, 2.05) is 0 Å². The maximum Gasteiger partial charge on any atom is 0.332 e. The van der Waals surface area contributed by atoms with E-state index < -0.39 is 12.1 Å². The van der Waals surface area contributed by atoms with Gasteiger partial charge in [0, 0.05) is 6.08 Å². The van der Waals surface area contributed by atoms with Gasteiger partial charge in [0.15, 0.2) is 10.8 Å². The smallest absolute Gasteiger partial charge is 0.332 e. The van der Waals surface area contributed by atoms with Crippen molar-refractivity contribution in [2.45, 2.75) is 13.0 Å². The topological polar surface area (TPSA) is 63.2 Å². The van der Waals surface area contributed by atoms with Crippen LogP contribution in [0, 0.1) is 11.3 Å². The molecule has 0 fully saturated rings. The molecule has 1 aromatic heterocycles. The molecule has 0 aliphatic heterocycles. The van der Waals surface area contributed by atoms with Crippen LogP contribution in [0.25, 0.3) is 6.08 Å². The SMILES string of the molecule is C[C@H](C#N)OC(=O)/C=C/c1ccc(Br)o1. The molecule has 0 bridgehead atoms. The van der Waals surface area contributed by atoms with Crippen LogP contribution in [0.2, 0.25) is 0 Å². The third kappa shape index (κ3) is 4.00. The number of carbonyl (C=O) groups is 1. The number of hydrogen-bond acceptors (Lipinski definition) is 4. The number of carbonyl (C=O) groups excluding carboxylic acids is 1. The predicted octanol–water partition coefficient (Wildman–Crippen LogP) is 2.51. The van der Waals surface area contributed by atoms with Crippen molar-refractivity contribution in [3.8, 4) is 6.07 Å². The Morgan fingerprint density at radius 3 is 3.00 bits per heavy atom. The number of rotatable bonds is 3. The minimum Gasteiger partial charge on any atom is -0.450 e. The number of hydrogen-bond donors (Lipinski definition) is 0. The molecule has 0 N–H and O–H groups in total. The van der Waals surface area contributed by atoms with Crippen LogP contribution in [0.15, 0.2) is 27.3 Å². The highest BCUT2D eigenvalue weighted by atomic mass is 79.9. The summed E-state index contributed by atoms with van der Waals surface area (Å²) in [7, 11) is 0. The van der Waals surface area contributed by atoms with E-state index in [1.165, 1.54) is 19.1 Å². The van der Waals surface area contributed by atoms with Crippen LogP contribution in [0.5, 0.6) is 0 Å². The Bertz CT molecular complexity index is 417. The first-order valence-electron chi connectivity index (χ1n) is 4.15. The predicted molar refractivity (Wildman–Crippen MR) is 56.6 cm³/mol. The molecule has 1 rings (SSSR count). The third-order valence-electron chi connectivity index (χ3n) is 1.45. The summed E-state index contributed by atoms with van der Waals surface area (Å²) in [5.74, 6) is -0.0417. The molecule has 0 aliphatic carbocycles. The second-order valence-electron chi connectivity index (χ2n) is 2.68. The van der Waals surface area contributed by atoms with Crippen LogP contribution in [0.1, 0.15) is 12.7 Å². The maximum absolute atomic E-state index is 11.1. The highest BCUT2D eigenvalue weighted by Gasteiger charge is 2.04. The number of nitrogens with zero attached hydrogens (tertiary/aromatic N) is 1. The molecule has 0 aromatic carbocycles. The largest absolute Gasteiger partial charge is 0.450 e. The first-order chi connectivity index (χ1) is 7.11. The van der Waals surface area contributed by atoms with E-state index in [4.69, 9.17) is 9.68 Å². The number of esters is 1. The van der Waals surface area contributed by atoms with Crippen LogP contribution in [-0.4, -0.2) is 12.1 Å². The number of nitriles is 1. The molecule has 0 amide bonds. The van der Waals surface area contributed by atoms with Gasteiger partial charge in [-0.15, -0.1) is 0 Å². The van der Waals surface area contributed by atoms with Gasteiger partial charge in [-0.3, -0.25) is 0 Å². The van der Waals surface area contributed by atoms with E-state index in [0.29, 0.717) is 10.4 Å². The molecule has 0 aliphatic rings. The van der Waals surface area contributed by atoms with Crippen LogP contribution in [0.4, 0.5) is 0 Å². The molecule has 0 spiro atoms. The lowest BCUT2D eigenvalue weighted by molar-refractivity contribution is -0.139. The van der Waals surface area contributed by atoms with Crippen molar-refractivity contribution < 1.29 is 13.9 Å². The molecule has 0 unspecified atom stereocenters. The monoisotopic (exact) mass is 269 g/mol. The van der Waals surface area contributed by atoms with Gasteiger partial charge >= 0.3 is 5.97 Å². The molecule has 4 nitrogen and oxygen atoms in total. The highest BCUT2D eigenvalue weighted by molar-refractivity contribution is 9.10. The summed E-state index contributed by atoms with van der Waals surface area (Å²) >= 11 is 3.13. The summed E-state index contributed by atoms with van der Waals surface area (Å²) in [4.78, 5) is 11.1. The molecule has 1 aromatic rings. The van der Waals surface area contributed by atoms with E-state index in [0.717, 1.165) is 0 Å². The van der Waals surface area contributed by atoms with Crippen molar-refractivity contribution in [3.05, 3.63) is 28.6 Å². The van der Waals surface area contributed by atoms with Gasteiger partial charge in [-0.1, -0.05) is 0 Å². The highest BCUT2D eigenvalue weighted by Crippen LogP contribution is 2.15. The Hall–Kier alpha value is -1.54. The zero-order chi connectivity index (χ0) is 11.3. The molecule has 5 heteroatoms. The van der Waals surface area contributed by atoms with Gasteiger partial charge in [-0.25, -0.2) is 4.79 Å². The second-order valence-corrected chi connectivity index (χ2v) is 3.47. The molecule has 0 saturated carbocycles. The van der Waals surface area contributed by atoms with Gasteiger partial charge < -0.3 is 9.15 Å². The summed E-state index contributed by atoms with van der Waals surface area (Å²) in [6.45, 7) is 1.50. The normalized spacial score (nSPS) is 12.3. The van der Waals surface area contributed by atoms with Gasteiger partial charge in [0.05, 0.1) is 0 Å². The van der Waals surface area contributed by atoms with Gasteiger partial charge in [-0.05, 0) is 41.1 Å². The zero-order valence-electron chi connectivity index (χ0n) is 7.94. The van der Waals surface area contributed by atoms with Crippen molar-refractivity contribution in [2.75, 3.05) is 0 Å². The average Bonchev–Trinajstić information content (AvgIpc) is 2.61. The van der Waals surface area contributed by atoms with Gasteiger partial charge in [0.2, 0.25) is 0 Å². The molecule has 1 atom stereocenters. The Labute approximate surface area is 95.3 Å². The minimum atomic E-state index is -0.745. The van der Waals surface area contributed by atoms with E-state index in [1.54, 1.807) is 18.2 Å². The lowest BCUT2D eigenvalue weighted by Gasteiger charge is -2.00. The number of furan rings is 1. The quantitative estimate of drug-likeness (QED) is 0.625. The maximum atomic E-state index is 11.1. The van der Waals surface area contributed by atoms with Crippen LogP contribution >= 0.6 is 15.9 Å². The fourth-order valence-electron chi connectivity index (χ4n) is 0.808. The first kappa shape index (κ1) is 11.5. The molecule has 1 heterocycles. The fourth-order valence-corrected chi connectivity index (χ4v) is 1.13. The molecule has 78 valence electrons. The summed E-state index contributed by atoms with van der Waals surface area (Å²) in [6, 6.07) is 5.20. The van der Waals surface area contributed by atoms with Crippen molar-refractivity contribution in [1.29, 1.82) is 5.26 Å². The molecular weight excluding hydrogens is 262 g/mol. The Balaban J connectivity index is 2.52.